The van der Waals surface area contributed by atoms with E-state index in [1.54, 1.807) is 6.92 Å². The quantitative estimate of drug-likeness (QED) is 0.432. The number of allylic oxidation sites excluding steroid dienone is 1. The molecule has 2 rings (SSSR count). The molecule has 1 fully saturated rings. The first-order valence-corrected chi connectivity index (χ1v) is 8.92. The van der Waals surface area contributed by atoms with Gasteiger partial charge in [0.25, 0.3) is 0 Å². The van der Waals surface area contributed by atoms with Gasteiger partial charge in [-0.15, -0.1) is 0 Å². The molecule has 2 aliphatic rings. The van der Waals surface area contributed by atoms with E-state index in [1.807, 2.05) is 20.8 Å². The van der Waals surface area contributed by atoms with Crippen molar-refractivity contribution < 1.29 is 35.0 Å². The fourth-order valence-corrected chi connectivity index (χ4v) is 3.68. The summed E-state index contributed by atoms with van der Waals surface area (Å²) < 4.78 is 11.3. The van der Waals surface area contributed by atoms with Crippen molar-refractivity contribution in [2.24, 2.45) is 5.41 Å². The Morgan fingerprint density at radius 2 is 1.88 bits per heavy atom. The van der Waals surface area contributed by atoms with Crippen LogP contribution in [0.4, 0.5) is 0 Å². The smallest absolute Gasteiger partial charge is 0.186 e. The average Bonchev–Trinajstić information content (AvgIpc) is 2.53. The van der Waals surface area contributed by atoms with Gasteiger partial charge in [0.15, 0.2) is 6.29 Å². The van der Waals surface area contributed by atoms with Crippen LogP contribution in [0.1, 0.15) is 40.5 Å². The van der Waals surface area contributed by atoms with E-state index in [-0.39, 0.29) is 11.5 Å². The van der Waals surface area contributed by atoms with Gasteiger partial charge in [-0.05, 0) is 26.7 Å². The summed E-state index contributed by atoms with van der Waals surface area (Å²) in [4.78, 5) is 0. The molecule has 0 saturated carbocycles. The lowest BCUT2D eigenvalue weighted by molar-refractivity contribution is -0.312. The number of rotatable bonds is 3. The molecule has 7 heteroatoms. The fourth-order valence-electron chi connectivity index (χ4n) is 3.68. The maximum absolute atomic E-state index is 10.1. The minimum atomic E-state index is -1.45. The molecule has 148 valence electrons. The van der Waals surface area contributed by atoms with Gasteiger partial charge >= 0.3 is 0 Å². The Hall–Kier alpha value is -0.980. The van der Waals surface area contributed by atoms with Crippen molar-refractivity contribution >= 4 is 0 Å². The summed E-state index contributed by atoms with van der Waals surface area (Å²) >= 11 is 0. The Bertz CT molecular complexity index is 584. The van der Waals surface area contributed by atoms with Gasteiger partial charge in [0.1, 0.15) is 30.5 Å². The third kappa shape index (κ3) is 4.65. The van der Waals surface area contributed by atoms with Crippen LogP contribution in [0.2, 0.25) is 0 Å². The molecule has 7 nitrogen and oxygen atoms in total. The Balaban J connectivity index is 2.13. The van der Waals surface area contributed by atoms with Crippen LogP contribution in [0.15, 0.2) is 11.1 Å². The van der Waals surface area contributed by atoms with Gasteiger partial charge in [-0.1, -0.05) is 31.3 Å². The van der Waals surface area contributed by atoms with E-state index in [0.29, 0.717) is 12.8 Å². The van der Waals surface area contributed by atoms with Crippen molar-refractivity contribution in [1.29, 1.82) is 0 Å². The van der Waals surface area contributed by atoms with Gasteiger partial charge in [-0.3, -0.25) is 0 Å². The maximum atomic E-state index is 10.1. The molecule has 7 atom stereocenters. The molecule has 1 unspecified atom stereocenters. The van der Waals surface area contributed by atoms with Crippen molar-refractivity contribution in [2.45, 2.75) is 83.5 Å². The van der Waals surface area contributed by atoms with E-state index in [9.17, 15) is 25.5 Å². The molecule has 1 aliphatic heterocycles. The van der Waals surface area contributed by atoms with Gasteiger partial charge in [0, 0.05) is 11.0 Å². The van der Waals surface area contributed by atoms with Gasteiger partial charge in [-0.25, -0.2) is 0 Å². The topological polar surface area (TPSA) is 120 Å². The van der Waals surface area contributed by atoms with E-state index in [1.165, 1.54) is 0 Å². The molecule has 0 amide bonds. The predicted octanol–water partition coefficient (Wildman–Crippen LogP) is -0.308. The van der Waals surface area contributed by atoms with Crippen LogP contribution >= 0.6 is 0 Å². The monoisotopic (exact) mass is 370 g/mol. The maximum Gasteiger partial charge on any atom is 0.186 e. The number of ether oxygens (including phenoxy) is 2. The third-order valence-corrected chi connectivity index (χ3v) is 4.96. The summed E-state index contributed by atoms with van der Waals surface area (Å²) in [6, 6.07) is 0. The van der Waals surface area contributed by atoms with Crippen molar-refractivity contribution in [3.8, 4) is 11.8 Å². The van der Waals surface area contributed by atoms with Gasteiger partial charge in [0.05, 0.1) is 12.7 Å². The summed E-state index contributed by atoms with van der Waals surface area (Å²) in [6.07, 6.45) is -6.17. The zero-order valence-corrected chi connectivity index (χ0v) is 15.7. The number of aliphatic hydroxyl groups excluding tert-OH is 5. The predicted molar refractivity (Wildman–Crippen MR) is 93.8 cm³/mol. The van der Waals surface area contributed by atoms with Crippen LogP contribution in [0.25, 0.3) is 0 Å². The molecule has 0 bridgehead atoms. The van der Waals surface area contributed by atoms with Crippen molar-refractivity contribution in [3.05, 3.63) is 11.1 Å². The normalized spacial score (nSPS) is 38.5. The van der Waals surface area contributed by atoms with E-state index < -0.39 is 43.4 Å². The zero-order valence-electron chi connectivity index (χ0n) is 15.7. The summed E-state index contributed by atoms with van der Waals surface area (Å²) in [5, 5.41) is 48.6. The minimum absolute atomic E-state index is 0.275. The summed E-state index contributed by atoms with van der Waals surface area (Å²) in [5.41, 5.74) is 1.71. The first-order chi connectivity index (χ1) is 12.1. The lowest BCUT2D eigenvalue weighted by Gasteiger charge is -2.43. The van der Waals surface area contributed by atoms with E-state index >= 15 is 0 Å². The third-order valence-electron chi connectivity index (χ3n) is 4.96. The molecular weight excluding hydrogens is 340 g/mol. The van der Waals surface area contributed by atoms with Crippen LogP contribution in [0.5, 0.6) is 0 Å². The molecule has 1 saturated heterocycles. The first-order valence-electron chi connectivity index (χ1n) is 8.92. The molecular formula is C19H30O7. The molecule has 0 radical (unpaired) electrons. The van der Waals surface area contributed by atoms with Gasteiger partial charge < -0.3 is 35.0 Å². The highest BCUT2D eigenvalue weighted by Gasteiger charge is 2.45. The first kappa shape index (κ1) is 21.3. The van der Waals surface area contributed by atoms with Gasteiger partial charge in [-0.2, -0.15) is 0 Å². The number of hydrogen-bond donors (Lipinski definition) is 5. The van der Waals surface area contributed by atoms with Gasteiger partial charge in [0.2, 0.25) is 0 Å². The highest BCUT2D eigenvalue weighted by Crippen LogP contribution is 2.41. The molecule has 26 heavy (non-hydrogen) atoms. The van der Waals surface area contributed by atoms with Crippen LogP contribution < -0.4 is 0 Å². The number of hydrogen-bond acceptors (Lipinski definition) is 7. The Morgan fingerprint density at radius 1 is 1.23 bits per heavy atom. The van der Waals surface area contributed by atoms with Crippen LogP contribution in [-0.4, -0.2) is 75.1 Å². The zero-order chi connectivity index (χ0) is 19.6. The largest absolute Gasteiger partial charge is 0.394 e. The average molecular weight is 370 g/mol. The minimum Gasteiger partial charge on any atom is -0.394 e. The Morgan fingerprint density at radius 3 is 2.42 bits per heavy atom. The molecule has 1 aliphatic carbocycles. The lowest BCUT2D eigenvalue weighted by atomic mass is 9.71. The van der Waals surface area contributed by atoms with Crippen LogP contribution in [0.3, 0.4) is 0 Å². The molecule has 0 spiro atoms. The lowest BCUT2D eigenvalue weighted by Crippen LogP contribution is -2.59. The van der Waals surface area contributed by atoms with E-state index in [0.717, 1.165) is 11.1 Å². The molecule has 5 N–H and O–H groups in total. The molecule has 1 heterocycles. The van der Waals surface area contributed by atoms with E-state index in [2.05, 4.69) is 11.8 Å². The van der Waals surface area contributed by atoms with E-state index in [4.69, 9.17) is 9.47 Å². The van der Waals surface area contributed by atoms with Crippen LogP contribution in [0, 0.1) is 17.3 Å². The summed E-state index contributed by atoms with van der Waals surface area (Å²) in [7, 11) is 0. The highest BCUT2D eigenvalue weighted by molar-refractivity contribution is 5.40. The standard InChI is InChI=1S/C19H30O7/c1-10-7-12(8-19(3,4)13(10)6-5-11(2)21)25-18-17(24)16(23)15(22)14(9-20)26-18/h11-12,14-18,20-24H,7-9H2,1-4H3/t11?,12-,14-,15-,16+,17-,18-/m1/s1. The molecule has 0 aromatic heterocycles. The van der Waals surface area contributed by atoms with Crippen LogP contribution in [-0.2, 0) is 9.47 Å². The second-order valence-corrected chi connectivity index (χ2v) is 7.85. The molecule has 0 aromatic carbocycles. The Labute approximate surface area is 154 Å². The highest BCUT2D eigenvalue weighted by atomic mass is 16.7. The fraction of sp³-hybridized carbons (Fsp3) is 0.789. The van der Waals surface area contributed by atoms with Crippen molar-refractivity contribution in [1.82, 2.24) is 0 Å². The van der Waals surface area contributed by atoms with Crippen molar-refractivity contribution in [3.63, 3.8) is 0 Å². The second-order valence-electron chi connectivity index (χ2n) is 7.85. The second kappa shape index (κ2) is 8.36. The van der Waals surface area contributed by atoms with Crippen molar-refractivity contribution in [2.75, 3.05) is 6.61 Å². The molecule has 0 aromatic rings. The summed E-state index contributed by atoms with van der Waals surface area (Å²) in [5.74, 6) is 5.84. The Kier molecular flexibility index (Phi) is 6.86. The summed E-state index contributed by atoms with van der Waals surface area (Å²) in [6.45, 7) is 7.15. The SMILES string of the molecule is CC1=C(C#CC(C)O)C(C)(C)C[C@H](O[C@@H]2O[C@H](CO)[C@@H](O)[C@H](O)[C@H]2O)C1. The number of aliphatic hydroxyl groups is 5.